The summed E-state index contributed by atoms with van der Waals surface area (Å²) in [6, 6.07) is 8.44. The lowest BCUT2D eigenvalue weighted by Gasteiger charge is -2.17. The van der Waals surface area contributed by atoms with Gasteiger partial charge in [-0.2, -0.15) is 0 Å². The van der Waals surface area contributed by atoms with E-state index in [1.165, 1.54) is 0 Å². The van der Waals surface area contributed by atoms with Crippen molar-refractivity contribution in [3.8, 4) is 11.5 Å². The molecule has 0 aromatic heterocycles. The highest BCUT2D eigenvalue weighted by Gasteiger charge is 2.20. The zero-order valence-corrected chi connectivity index (χ0v) is 13.3. The van der Waals surface area contributed by atoms with E-state index >= 15 is 0 Å². The largest absolute Gasteiger partial charge is 0.454 e. The molecule has 2 heterocycles. The van der Waals surface area contributed by atoms with Crippen LogP contribution in [0.3, 0.4) is 0 Å². The third kappa shape index (κ3) is 2.65. The summed E-state index contributed by atoms with van der Waals surface area (Å²) >= 11 is 6.17. The normalized spacial score (nSPS) is 14.8. The number of hydrogen-bond donors (Lipinski definition) is 2. The van der Waals surface area contributed by atoms with Gasteiger partial charge in [-0.1, -0.05) is 11.6 Å². The summed E-state index contributed by atoms with van der Waals surface area (Å²) < 4.78 is 10.5. The van der Waals surface area contributed by atoms with Gasteiger partial charge in [0.05, 0.1) is 10.7 Å². The molecule has 0 saturated carbocycles. The van der Waals surface area contributed by atoms with Crippen molar-refractivity contribution in [1.29, 1.82) is 0 Å². The Morgan fingerprint density at radius 3 is 2.75 bits per heavy atom. The Labute approximate surface area is 142 Å². The zero-order valence-electron chi connectivity index (χ0n) is 12.5. The topological polar surface area (TPSA) is 76.7 Å². The first kappa shape index (κ1) is 14.8. The third-order valence-corrected chi connectivity index (χ3v) is 4.29. The van der Waals surface area contributed by atoms with Crippen LogP contribution in [0.4, 0.5) is 11.4 Å². The van der Waals surface area contributed by atoms with Gasteiger partial charge in [-0.05, 0) is 30.2 Å². The summed E-state index contributed by atoms with van der Waals surface area (Å²) in [6.07, 6.45) is 1.04. The van der Waals surface area contributed by atoms with Crippen molar-refractivity contribution in [2.45, 2.75) is 12.8 Å². The Balaban J connectivity index is 1.58. The van der Waals surface area contributed by atoms with Crippen LogP contribution < -0.4 is 20.1 Å². The fourth-order valence-electron chi connectivity index (χ4n) is 2.73. The fraction of sp³-hybridized carbons (Fsp3) is 0.176. The number of amides is 2. The second-order valence-electron chi connectivity index (χ2n) is 5.56. The van der Waals surface area contributed by atoms with E-state index in [1.54, 1.807) is 30.3 Å². The van der Waals surface area contributed by atoms with E-state index in [-0.39, 0.29) is 18.6 Å². The van der Waals surface area contributed by atoms with Crippen LogP contribution in [-0.2, 0) is 11.2 Å². The highest BCUT2D eigenvalue weighted by atomic mass is 35.5. The number of anilines is 2. The van der Waals surface area contributed by atoms with Crippen LogP contribution in [0.5, 0.6) is 11.5 Å². The molecule has 0 spiro atoms. The molecule has 122 valence electrons. The number of carbonyl (C=O) groups excluding carboxylic acids is 2. The maximum atomic E-state index is 12.5. The molecule has 2 amide bonds. The molecule has 0 bridgehead atoms. The molecule has 2 aromatic carbocycles. The molecule has 24 heavy (non-hydrogen) atoms. The molecule has 0 fully saturated rings. The first-order valence-corrected chi connectivity index (χ1v) is 7.81. The quantitative estimate of drug-likeness (QED) is 0.877. The lowest BCUT2D eigenvalue weighted by atomic mass is 10.00. The van der Waals surface area contributed by atoms with Gasteiger partial charge in [-0.3, -0.25) is 9.59 Å². The Morgan fingerprint density at radius 2 is 1.92 bits per heavy atom. The van der Waals surface area contributed by atoms with Gasteiger partial charge in [0.1, 0.15) is 0 Å². The lowest BCUT2D eigenvalue weighted by molar-refractivity contribution is -0.116. The number of aryl methyl sites for hydroxylation is 1. The number of rotatable bonds is 2. The molecule has 2 aliphatic heterocycles. The summed E-state index contributed by atoms with van der Waals surface area (Å²) in [5, 5.41) is 5.94. The summed E-state index contributed by atoms with van der Waals surface area (Å²) in [7, 11) is 0. The lowest BCUT2D eigenvalue weighted by Crippen LogP contribution is -2.20. The van der Waals surface area contributed by atoms with Gasteiger partial charge in [0.25, 0.3) is 5.91 Å². The highest BCUT2D eigenvalue weighted by Crippen LogP contribution is 2.39. The summed E-state index contributed by atoms with van der Waals surface area (Å²) in [5.41, 5.74) is 2.65. The molecule has 0 aliphatic carbocycles. The zero-order chi connectivity index (χ0) is 16.7. The van der Waals surface area contributed by atoms with Gasteiger partial charge >= 0.3 is 0 Å². The second-order valence-corrected chi connectivity index (χ2v) is 5.97. The molecule has 0 atom stereocenters. The average molecular weight is 345 g/mol. The van der Waals surface area contributed by atoms with Crippen LogP contribution in [-0.4, -0.2) is 18.6 Å². The number of fused-ring (bicyclic) bond motifs is 2. The van der Waals surface area contributed by atoms with E-state index in [4.69, 9.17) is 21.1 Å². The van der Waals surface area contributed by atoms with Gasteiger partial charge in [0.2, 0.25) is 12.7 Å². The van der Waals surface area contributed by atoms with Gasteiger partial charge in [-0.15, -0.1) is 0 Å². The van der Waals surface area contributed by atoms with Crippen LogP contribution >= 0.6 is 11.6 Å². The van der Waals surface area contributed by atoms with Gasteiger partial charge in [0.15, 0.2) is 11.5 Å². The van der Waals surface area contributed by atoms with Crippen molar-refractivity contribution in [3.63, 3.8) is 0 Å². The number of ether oxygens (including phenoxy) is 2. The standard InChI is InChI=1S/C17H13ClN2O4/c18-11-6-14-15(24-8-23-14)7-13(11)20-17(22)10-1-3-12-9(5-10)2-4-16(21)19-12/h1,3,5-7H,2,4,8H2,(H,19,21)(H,20,22). The predicted octanol–water partition coefficient (Wildman–Crippen LogP) is 3.21. The summed E-state index contributed by atoms with van der Waals surface area (Å²) in [5.74, 6) is 0.813. The van der Waals surface area contributed by atoms with Gasteiger partial charge < -0.3 is 20.1 Å². The number of hydrogen-bond acceptors (Lipinski definition) is 4. The molecular weight excluding hydrogens is 332 g/mol. The molecule has 2 aromatic rings. The number of benzene rings is 2. The van der Waals surface area contributed by atoms with E-state index in [9.17, 15) is 9.59 Å². The maximum absolute atomic E-state index is 12.5. The van der Waals surface area contributed by atoms with E-state index in [2.05, 4.69) is 10.6 Å². The first-order chi connectivity index (χ1) is 11.6. The van der Waals surface area contributed by atoms with Crippen molar-refractivity contribution in [2.24, 2.45) is 0 Å². The Hall–Kier alpha value is -2.73. The Kier molecular flexibility index (Phi) is 3.54. The molecule has 4 rings (SSSR count). The monoisotopic (exact) mass is 344 g/mol. The SMILES string of the molecule is O=C1CCc2cc(C(=O)Nc3cc4c(cc3Cl)OCO4)ccc2N1. The first-order valence-electron chi connectivity index (χ1n) is 7.43. The van der Waals surface area contributed by atoms with Crippen molar-refractivity contribution in [3.05, 3.63) is 46.5 Å². The smallest absolute Gasteiger partial charge is 0.255 e. The van der Waals surface area contributed by atoms with E-state index < -0.39 is 0 Å². The van der Waals surface area contributed by atoms with E-state index in [0.717, 1.165) is 11.3 Å². The Morgan fingerprint density at radius 1 is 1.12 bits per heavy atom. The van der Waals surface area contributed by atoms with Gasteiger partial charge in [-0.25, -0.2) is 0 Å². The van der Waals surface area contributed by atoms with Crippen LogP contribution in [0.15, 0.2) is 30.3 Å². The third-order valence-electron chi connectivity index (χ3n) is 3.97. The number of carbonyl (C=O) groups is 2. The molecule has 2 aliphatic rings. The van der Waals surface area contributed by atoms with Crippen molar-refractivity contribution in [2.75, 3.05) is 17.4 Å². The summed E-state index contributed by atoms with van der Waals surface area (Å²) in [4.78, 5) is 23.9. The minimum Gasteiger partial charge on any atom is -0.454 e. The van der Waals surface area contributed by atoms with Crippen LogP contribution in [0.2, 0.25) is 5.02 Å². The summed E-state index contributed by atoms with van der Waals surface area (Å²) in [6.45, 7) is 0.138. The number of nitrogens with one attached hydrogen (secondary N) is 2. The maximum Gasteiger partial charge on any atom is 0.255 e. The van der Waals surface area contributed by atoms with E-state index in [0.29, 0.717) is 40.6 Å². The molecule has 0 saturated heterocycles. The molecule has 0 radical (unpaired) electrons. The highest BCUT2D eigenvalue weighted by molar-refractivity contribution is 6.34. The fourth-order valence-corrected chi connectivity index (χ4v) is 2.93. The van der Waals surface area contributed by atoms with Gasteiger partial charge in [0, 0.05) is 29.8 Å². The molecule has 2 N–H and O–H groups in total. The number of halogens is 1. The predicted molar refractivity (Wildman–Crippen MR) is 88.9 cm³/mol. The minimum atomic E-state index is -0.282. The van der Waals surface area contributed by atoms with Crippen molar-refractivity contribution >= 4 is 34.8 Å². The molecule has 6 nitrogen and oxygen atoms in total. The molecular formula is C17H13ClN2O4. The van der Waals surface area contributed by atoms with Crippen molar-refractivity contribution in [1.82, 2.24) is 0 Å². The molecule has 0 unspecified atom stereocenters. The van der Waals surface area contributed by atoms with Crippen LogP contribution in [0.25, 0.3) is 0 Å². The second kappa shape index (κ2) is 5.72. The molecule has 7 heteroatoms. The van der Waals surface area contributed by atoms with E-state index in [1.807, 2.05) is 0 Å². The van der Waals surface area contributed by atoms with Crippen LogP contribution in [0.1, 0.15) is 22.3 Å². The Bertz CT molecular complexity index is 866. The minimum absolute atomic E-state index is 0.00755. The average Bonchev–Trinajstić information content (AvgIpc) is 3.01. The van der Waals surface area contributed by atoms with Crippen LogP contribution in [0, 0.1) is 0 Å². The van der Waals surface area contributed by atoms with Crippen molar-refractivity contribution < 1.29 is 19.1 Å².